The lowest BCUT2D eigenvalue weighted by Gasteiger charge is -2.32. The number of para-hydroxylation sites is 1. The third kappa shape index (κ3) is 4.03. The summed E-state index contributed by atoms with van der Waals surface area (Å²) in [5.41, 5.74) is 0.392. The second-order valence-corrected chi connectivity index (χ2v) is 6.79. The molecule has 1 aliphatic rings. The van der Waals surface area contributed by atoms with E-state index in [1.807, 2.05) is 6.07 Å². The van der Waals surface area contributed by atoms with Gasteiger partial charge in [-0.05, 0) is 25.0 Å². The van der Waals surface area contributed by atoms with Crippen molar-refractivity contribution in [1.29, 1.82) is 0 Å². The molecule has 3 aromatic rings. The van der Waals surface area contributed by atoms with Gasteiger partial charge in [0.05, 0.1) is 30.9 Å². The Morgan fingerprint density at radius 3 is 2.79 bits per heavy atom. The van der Waals surface area contributed by atoms with Crippen LogP contribution in [-0.4, -0.2) is 56.6 Å². The van der Waals surface area contributed by atoms with Crippen LogP contribution in [0.4, 0.5) is 0 Å². The number of ether oxygens (including phenoxy) is 2. The summed E-state index contributed by atoms with van der Waals surface area (Å²) in [5, 5.41) is 0.498. The molecule has 0 N–H and O–H groups in total. The molecule has 9 heteroatoms. The van der Waals surface area contributed by atoms with Gasteiger partial charge in [0.15, 0.2) is 0 Å². The van der Waals surface area contributed by atoms with E-state index in [0.717, 1.165) is 12.8 Å². The van der Waals surface area contributed by atoms with Crippen molar-refractivity contribution in [2.24, 2.45) is 0 Å². The first kappa shape index (κ1) is 18.9. The Balaban J connectivity index is 1.45. The van der Waals surface area contributed by atoms with Crippen molar-refractivity contribution < 1.29 is 14.3 Å². The van der Waals surface area contributed by atoms with E-state index >= 15 is 0 Å². The number of aromatic nitrogens is 4. The molecule has 9 nitrogen and oxygen atoms in total. The summed E-state index contributed by atoms with van der Waals surface area (Å²) >= 11 is 0. The quantitative estimate of drug-likeness (QED) is 0.641. The number of carbonyl (C=O) groups excluding carboxylic acids is 1. The maximum absolute atomic E-state index is 12.8. The number of fused-ring (bicyclic) bond motifs is 1. The van der Waals surface area contributed by atoms with Crippen LogP contribution >= 0.6 is 0 Å². The molecule has 1 saturated heterocycles. The molecule has 3 heterocycles. The molecule has 1 atom stereocenters. The maximum atomic E-state index is 12.8. The van der Waals surface area contributed by atoms with E-state index in [2.05, 4.69) is 15.0 Å². The van der Waals surface area contributed by atoms with Crippen molar-refractivity contribution in [3.8, 4) is 11.8 Å². The van der Waals surface area contributed by atoms with E-state index in [-0.39, 0.29) is 24.1 Å². The highest BCUT2D eigenvalue weighted by molar-refractivity contribution is 5.79. The van der Waals surface area contributed by atoms with Crippen molar-refractivity contribution in [1.82, 2.24) is 24.4 Å². The number of rotatable bonds is 5. The van der Waals surface area contributed by atoms with Gasteiger partial charge in [0.1, 0.15) is 12.6 Å². The van der Waals surface area contributed by atoms with Gasteiger partial charge in [-0.2, -0.15) is 0 Å². The minimum absolute atomic E-state index is 0.0577. The fourth-order valence-electron chi connectivity index (χ4n) is 3.42. The fourth-order valence-corrected chi connectivity index (χ4v) is 3.42. The molecule has 0 aliphatic carbocycles. The lowest BCUT2D eigenvalue weighted by atomic mass is 10.1. The Hall–Kier alpha value is -3.49. The normalized spacial score (nSPS) is 16.6. The number of piperidine rings is 1. The molecule has 0 radical (unpaired) electrons. The Morgan fingerprint density at radius 2 is 1.97 bits per heavy atom. The third-order valence-corrected chi connectivity index (χ3v) is 4.87. The summed E-state index contributed by atoms with van der Waals surface area (Å²) in [4.78, 5) is 39.6. The molecule has 0 saturated carbocycles. The van der Waals surface area contributed by atoms with Crippen LogP contribution < -0.4 is 15.0 Å². The van der Waals surface area contributed by atoms with Crippen LogP contribution in [0.3, 0.4) is 0 Å². The van der Waals surface area contributed by atoms with Crippen LogP contribution in [0.1, 0.15) is 12.8 Å². The van der Waals surface area contributed by atoms with Gasteiger partial charge in [0.2, 0.25) is 5.91 Å². The fraction of sp³-hybridized carbons (Fsp3) is 0.350. The Morgan fingerprint density at radius 1 is 1.17 bits per heavy atom. The van der Waals surface area contributed by atoms with E-state index in [1.165, 1.54) is 30.4 Å². The van der Waals surface area contributed by atoms with Gasteiger partial charge in [-0.25, -0.2) is 15.0 Å². The number of hydrogen-bond donors (Lipinski definition) is 0. The Bertz CT molecular complexity index is 1080. The SMILES string of the molecule is COc1nccnc1OC1CCCN(C(=O)Cn2cnc3ccccc3c2=O)C1. The van der Waals surface area contributed by atoms with Crippen molar-refractivity contribution >= 4 is 16.8 Å². The number of carbonyl (C=O) groups is 1. The van der Waals surface area contributed by atoms with Crippen LogP contribution in [0.2, 0.25) is 0 Å². The van der Waals surface area contributed by atoms with Crippen LogP contribution in [0, 0.1) is 0 Å². The van der Waals surface area contributed by atoms with E-state index in [0.29, 0.717) is 35.8 Å². The lowest BCUT2D eigenvalue weighted by Crippen LogP contribution is -2.46. The first-order valence-electron chi connectivity index (χ1n) is 9.39. The van der Waals surface area contributed by atoms with Crippen LogP contribution in [0.5, 0.6) is 11.8 Å². The van der Waals surface area contributed by atoms with Gasteiger partial charge in [0, 0.05) is 18.9 Å². The van der Waals surface area contributed by atoms with Gasteiger partial charge >= 0.3 is 0 Å². The Labute approximate surface area is 166 Å². The topological polar surface area (TPSA) is 99.4 Å². The molecule has 1 aromatic carbocycles. The first-order chi connectivity index (χ1) is 14.2. The van der Waals surface area contributed by atoms with Crippen molar-refractivity contribution in [2.75, 3.05) is 20.2 Å². The smallest absolute Gasteiger partial charge is 0.278 e. The van der Waals surface area contributed by atoms with Crippen molar-refractivity contribution in [2.45, 2.75) is 25.5 Å². The molecule has 0 spiro atoms. The molecular formula is C20H21N5O4. The van der Waals surface area contributed by atoms with Gasteiger partial charge in [-0.3, -0.25) is 14.2 Å². The molecular weight excluding hydrogens is 374 g/mol. The highest BCUT2D eigenvalue weighted by atomic mass is 16.5. The minimum atomic E-state index is -0.224. The monoisotopic (exact) mass is 395 g/mol. The molecule has 1 fully saturated rings. The van der Waals surface area contributed by atoms with E-state index in [4.69, 9.17) is 9.47 Å². The van der Waals surface area contributed by atoms with Gasteiger partial charge in [0.25, 0.3) is 17.3 Å². The average molecular weight is 395 g/mol. The summed E-state index contributed by atoms with van der Waals surface area (Å²) in [5.74, 6) is 0.470. The summed E-state index contributed by atoms with van der Waals surface area (Å²) in [6, 6.07) is 7.09. The predicted octanol–water partition coefficient (Wildman–Crippen LogP) is 1.27. The number of hydrogen-bond acceptors (Lipinski definition) is 7. The zero-order valence-corrected chi connectivity index (χ0v) is 16.0. The van der Waals surface area contributed by atoms with Crippen molar-refractivity contribution in [3.05, 3.63) is 53.3 Å². The number of methoxy groups -OCH3 is 1. The average Bonchev–Trinajstić information content (AvgIpc) is 2.76. The molecule has 29 heavy (non-hydrogen) atoms. The van der Waals surface area contributed by atoms with E-state index in [9.17, 15) is 9.59 Å². The number of amides is 1. The molecule has 2 aromatic heterocycles. The van der Waals surface area contributed by atoms with E-state index < -0.39 is 0 Å². The molecule has 1 amide bonds. The summed E-state index contributed by atoms with van der Waals surface area (Å²) in [6.07, 6.45) is 5.85. The molecule has 1 aliphatic heterocycles. The summed E-state index contributed by atoms with van der Waals surface area (Å²) in [6.45, 7) is 0.970. The standard InChI is InChI=1S/C20H21N5O4/c1-28-18-19(22-9-8-21-18)29-14-5-4-10-24(11-14)17(26)12-25-13-23-16-7-3-2-6-15(16)20(25)27/h2-3,6-9,13-14H,4-5,10-12H2,1H3. The number of nitrogens with zero attached hydrogens (tertiary/aromatic N) is 5. The van der Waals surface area contributed by atoms with E-state index in [1.54, 1.807) is 23.1 Å². The van der Waals surface area contributed by atoms with Crippen LogP contribution in [0.25, 0.3) is 10.9 Å². The largest absolute Gasteiger partial charge is 0.477 e. The Kier molecular flexibility index (Phi) is 5.37. The maximum Gasteiger partial charge on any atom is 0.278 e. The second-order valence-electron chi connectivity index (χ2n) is 6.79. The molecule has 4 rings (SSSR count). The zero-order chi connectivity index (χ0) is 20.2. The second kappa shape index (κ2) is 8.26. The van der Waals surface area contributed by atoms with Gasteiger partial charge in [-0.15, -0.1) is 0 Å². The summed E-state index contributed by atoms with van der Waals surface area (Å²) < 4.78 is 12.4. The summed E-state index contributed by atoms with van der Waals surface area (Å²) in [7, 11) is 1.50. The highest BCUT2D eigenvalue weighted by Crippen LogP contribution is 2.24. The molecule has 150 valence electrons. The molecule has 1 unspecified atom stereocenters. The third-order valence-electron chi connectivity index (χ3n) is 4.87. The first-order valence-corrected chi connectivity index (χ1v) is 9.39. The van der Waals surface area contributed by atoms with Crippen LogP contribution in [-0.2, 0) is 11.3 Å². The minimum Gasteiger partial charge on any atom is -0.477 e. The molecule has 0 bridgehead atoms. The lowest BCUT2D eigenvalue weighted by molar-refractivity contribution is -0.134. The number of benzene rings is 1. The predicted molar refractivity (Wildman–Crippen MR) is 105 cm³/mol. The highest BCUT2D eigenvalue weighted by Gasteiger charge is 2.26. The van der Waals surface area contributed by atoms with Gasteiger partial charge in [-0.1, -0.05) is 12.1 Å². The van der Waals surface area contributed by atoms with Crippen molar-refractivity contribution in [3.63, 3.8) is 0 Å². The zero-order valence-electron chi connectivity index (χ0n) is 16.0. The number of likely N-dealkylation sites (tertiary alicyclic amines) is 1. The van der Waals surface area contributed by atoms with Crippen LogP contribution in [0.15, 0.2) is 47.8 Å². The van der Waals surface area contributed by atoms with Gasteiger partial charge < -0.3 is 14.4 Å².